The van der Waals surface area contributed by atoms with E-state index >= 15 is 0 Å². The van der Waals surface area contributed by atoms with Crippen LogP contribution in [0.15, 0.2) is 60.8 Å². The van der Waals surface area contributed by atoms with Crippen molar-refractivity contribution in [1.29, 1.82) is 0 Å². The first-order valence-corrected chi connectivity index (χ1v) is 10.1. The van der Waals surface area contributed by atoms with Crippen LogP contribution in [0.25, 0.3) is 10.9 Å². The Morgan fingerprint density at radius 2 is 1.90 bits per heavy atom. The van der Waals surface area contributed by atoms with Gasteiger partial charge in [0.1, 0.15) is 6.04 Å². The Kier molecular flexibility index (Phi) is 5.99. The van der Waals surface area contributed by atoms with Crippen molar-refractivity contribution in [2.45, 2.75) is 25.6 Å². The van der Waals surface area contributed by atoms with E-state index in [1.807, 2.05) is 60.8 Å². The van der Waals surface area contributed by atoms with Crippen LogP contribution in [0.4, 0.5) is 10.5 Å². The molecule has 31 heavy (non-hydrogen) atoms. The normalized spacial score (nSPS) is 16.0. The highest BCUT2D eigenvalue weighted by atomic mass is 16.5. The van der Waals surface area contributed by atoms with Gasteiger partial charge in [-0.25, -0.2) is 4.79 Å². The lowest BCUT2D eigenvalue weighted by Gasteiger charge is -2.13. The summed E-state index contributed by atoms with van der Waals surface area (Å²) in [6, 6.07) is 15.5. The SMILES string of the molecule is COCCn1ccc2c(NC(=O)CC3NC(=O)N(Cc4ccccc4)C3=O)cccc21. The van der Waals surface area contributed by atoms with Gasteiger partial charge in [0, 0.05) is 25.2 Å². The molecule has 1 atom stereocenters. The van der Waals surface area contributed by atoms with E-state index in [4.69, 9.17) is 4.74 Å². The molecule has 1 fully saturated rings. The molecule has 0 aliphatic carbocycles. The molecule has 1 aliphatic rings. The maximum absolute atomic E-state index is 12.7. The number of rotatable bonds is 8. The molecule has 3 aromatic rings. The Bertz CT molecular complexity index is 1110. The highest BCUT2D eigenvalue weighted by Gasteiger charge is 2.39. The van der Waals surface area contributed by atoms with Crippen molar-refractivity contribution >= 4 is 34.4 Å². The van der Waals surface area contributed by atoms with Crippen LogP contribution in [0.1, 0.15) is 12.0 Å². The number of aromatic nitrogens is 1. The maximum Gasteiger partial charge on any atom is 0.325 e. The summed E-state index contributed by atoms with van der Waals surface area (Å²) < 4.78 is 7.19. The van der Waals surface area contributed by atoms with Crippen molar-refractivity contribution < 1.29 is 19.1 Å². The minimum absolute atomic E-state index is 0.128. The van der Waals surface area contributed by atoms with Crippen molar-refractivity contribution in [2.24, 2.45) is 0 Å². The van der Waals surface area contributed by atoms with E-state index in [1.165, 1.54) is 0 Å². The van der Waals surface area contributed by atoms with Crippen LogP contribution >= 0.6 is 0 Å². The van der Waals surface area contributed by atoms with E-state index in [9.17, 15) is 14.4 Å². The van der Waals surface area contributed by atoms with Gasteiger partial charge in [0.25, 0.3) is 5.91 Å². The van der Waals surface area contributed by atoms with Crippen molar-refractivity contribution in [3.05, 3.63) is 66.4 Å². The Labute approximate surface area is 179 Å². The van der Waals surface area contributed by atoms with Crippen LogP contribution in [0.2, 0.25) is 0 Å². The number of anilines is 1. The number of urea groups is 1. The number of imide groups is 1. The van der Waals surface area contributed by atoms with E-state index < -0.39 is 18.0 Å². The Hall–Kier alpha value is -3.65. The summed E-state index contributed by atoms with van der Waals surface area (Å²) in [7, 11) is 1.65. The fourth-order valence-electron chi connectivity index (χ4n) is 3.73. The van der Waals surface area contributed by atoms with E-state index in [-0.39, 0.29) is 18.9 Å². The molecule has 0 radical (unpaired) electrons. The molecule has 0 bridgehead atoms. The number of carbonyl (C=O) groups excluding carboxylic acids is 3. The zero-order valence-electron chi connectivity index (χ0n) is 17.2. The molecular weight excluding hydrogens is 396 g/mol. The number of fused-ring (bicyclic) bond motifs is 1. The minimum atomic E-state index is -0.873. The zero-order valence-corrected chi connectivity index (χ0v) is 17.2. The van der Waals surface area contributed by atoms with Gasteiger partial charge in [0.15, 0.2) is 0 Å². The third kappa shape index (κ3) is 4.44. The zero-order chi connectivity index (χ0) is 21.8. The minimum Gasteiger partial charge on any atom is -0.383 e. The number of nitrogens with one attached hydrogen (secondary N) is 2. The monoisotopic (exact) mass is 420 g/mol. The van der Waals surface area contributed by atoms with Gasteiger partial charge >= 0.3 is 6.03 Å². The number of hydrogen-bond acceptors (Lipinski definition) is 4. The average molecular weight is 420 g/mol. The first kappa shape index (κ1) is 20.6. The van der Waals surface area contributed by atoms with Crippen molar-refractivity contribution in [3.63, 3.8) is 0 Å². The maximum atomic E-state index is 12.7. The molecule has 1 saturated heterocycles. The number of nitrogens with zero attached hydrogens (tertiary/aromatic N) is 2. The highest BCUT2D eigenvalue weighted by Crippen LogP contribution is 2.25. The smallest absolute Gasteiger partial charge is 0.325 e. The van der Waals surface area contributed by atoms with Gasteiger partial charge in [-0.2, -0.15) is 0 Å². The number of ether oxygens (including phenoxy) is 1. The van der Waals surface area contributed by atoms with Crippen molar-refractivity contribution in [2.75, 3.05) is 19.0 Å². The third-order valence-corrected chi connectivity index (χ3v) is 5.30. The predicted octanol–water partition coefficient (Wildman–Crippen LogP) is 2.74. The number of hydrogen-bond donors (Lipinski definition) is 2. The Morgan fingerprint density at radius 3 is 2.68 bits per heavy atom. The van der Waals surface area contributed by atoms with Gasteiger partial charge in [0.05, 0.1) is 30.8 Å². The van der Waals surface area contributed by atoms with Crippen LogP contribution in [-0.2, 0) is 27.4 Å². The molecule has 8 heteroatoms. The lowest BCUT2D eigenvalue weighted by molar-refractivity contribution is -0.130. The first-order chi connectivity index (χ1) is 15.1. The molecule has 1 aliphatic heterocycles. The van der Waals surface area contributed by atoms with E-state index in [0.717, 1.165) is 21.4 Å². The number of methoxy groups -OCH3 is 1. The largest absolute Gasteiger partial charge is 0.383 e. The van der Waals surface area contributed by atoms with Gasteiger partial charge in [-0.15, -0.1) is 0 Å². The quantitative estimate of drug-likeness (QED) is 0.548. The highest BCUT2D eigenvalue weighted by molar-refractivity contribution is 6.08. The van der Waals surface area contributed by atoms with E-state index in [2.05, 4.69) is 15.2 Å². The van der Waals surface area contributed by atoms with Crippen LogP contribution in [0, 0.1) is 0 Å². The van der Waals surface area contributed by atoms with Crippen LogP contribution < -0.4 is 10.6 Å². The first-order valence-electron chi connectivity index (χ1n) is 10.1. The number of amides is 4. The molecule has 4 amide bonds. The molecule has 2 N–H and O–H groups in total. The summed E-state index contributed by atoms with van der Waals surface area (Å²) in [4.78, 5) is 38.7. The van der Waals surface area contributed by atoms with Gasteiger partial charge < -0.3 is 19.9 Å². The molecule has 8 nitrogen and oxygen atoms in total. The second-order valence-electron chi connectivity index (χ2n) is 7.40. The molecule has 1 unspecified atom stereocenters. The van der Waals surface area contributed by atoms with Crippen LogP contribution in [0.5, 0.6) is 0 Å². The Balaban J connectivity index is 1.41. The van der Waals surface area contributed by atoms with Crippen molar-refractivity contribution in [1.82, 2.24) is 14.8 Å². The summed E-state index contributed by atoms with van der Waals surface area (Å²) in [6.45, 7) is 1.47. The second kappa shape index (κ2) is 9.01. The molecule has 0 saturated carbocycles. The molecule has 2 heterocycles. The molecular formula is C23H24N4O4. The summed E-state index contributed by atoms with van der Waals surface area (Å²) >= 11 is 0. The van der Waals surface area contributed by atoms with Gasteiger partial charge in [0.2, 0.25) is 5.91 Å². The van der Waals surface area contributed by atoms with E-state index in [1.54, 1.807) is 7.11 Å². The molecule has 160 valence electrons. The topological polar surface area (TPSA) is 92.7 Å². The predicted molar refractivity (Wildman–Crippen MR) is 116 cm³/mol. The summed E-state index contributed by atoms with van der Waals surface area (Å²) in [6.07, 6.45) is 1.82. The van der Waals surface area contributed by atoms with Crippen LogP contribution in [-0.4, -0.2) is 47.1 Å². The van der Waals surface area contributed by atoms with Crippen LogP contribution in [0.3, 0.4) is 0 Å². The second-order valence-corrected chi connectivity index (χ2v) is 7.40. The van der Waals surface area contributed by atoms with E-state index in [0.29, 0.717) is 18.8 Å². The summed E-state index contributed by atoms with van der Waals surface area (Å²) in [5.74, 6) is -0.731. The standard InChI is InChI=1S/C23H24N4O4/c1-31-13-12-26-11-10-17-18(8-5-9-20(17)26)24-21(28)14-19-22(29)27(23(30)25-19)15-16-6-3-2-4-7-16/h2-11,19H,12-15H2,1H3,(H,24,28)(H,25,30). The summed E-state index contributed by atoms with van der Waals surface area (Å²) in [5, 5.41) is 6.39. The molecule has 1 aromatic heterocycles. The third-order valence-electron chi connectivity index (χ3n) is 5.30. The Morgan fingerprint density at radius 1 is 1.10 bits per heavy atom. The molecule has 2 aromatic carbocycles. The molecule has 4 rings (SSSR count). The van der Waals surface area contributed by atoms with Gasteiger partial charge in [-0.3, -0.25) is 14.5 Å². The lowest BCUT2D eigenvalue weighted by atomic mass is 10.1. The summed E-state index contributed by atoms with van der Waals surface area (Å²) in [5.41, 5.74) is 2.49. The van der Waals surface area contributed by atoms with Gasteiger partial charge in [-0.1, -0.05) is 36.4 Å². The molecule has 0 spiro atoms. The fraction of sp³-hybridized carbons (Fsp3) is 0.261. The van der Waals surface area contributed by atoms with Gasteiger partial charge in [-0.05, 0) is 23.8 Å². The average Bonchev–Trinajstić information content (AvgIpc) is 3.30. The number of carbonyl (C=O) groups is 3. The van der Waals surface area contributed by atoms with Crippen molar-refractivity contribution in [3.8, 4) is 0 Å². The lowest BCUT2D eigenvalue weighted by Crippen LogP contribution is -2.34. The number of benzene rings is 2. The fourth-order valence-corrected chi connectivity index (χ4v) is 3.73.